The molecule has 1 unspecified atom stereocenters. The summed E-state index contributed by atoms with van der Waals surface area (Å²) in [5.41, 5.74) is 0. The first-order valence-corrected chi connectivity index (χ1v) is 5.45. The van der Waals surface area contributed by atoms with Gasteiger partial charge in [0.25, 0.3) is 0 Å². The van der Waals surface area contributed by atoms with Crippen LogP contribution in [0.1, 0.15) is 19.3 Å². The van der Waals surface area contributed by atoms with E-state index in [0.29, 0.717) is 12.5 Å². The van der Waals surface area contributed by atoms with E-state index >= 15 is 0 Å². The topological polar surface area (TPSA) is 35.5 Å². The van der Waals surface area contributed by atoms with E-state index in [2.05, 4.69) is 10.2 Å². The predicted molar refractivity (Wildman–Crippen MR) is 52.7 cm³/mol. The van der Waals surface area contributed by atoms with Crippen LogP contribution in [0.5, 0.6) is 0 Å². The third kappa shape index (κ3) is 2.93. The SMILES string of the molecule is OCC1CCN(CCNC2CC2)C1. The number of rotatable bonds is 5. The Kier molecular flexibility index (Phi) is 3.19. The van der Waals surface area contributed by atoms with Gasteiger partial charge in [-0.25, -0.2) is 0 Å². The molecule has 13 heavy (non-hydrogen) atoms. The second-order valence-corrected chi connectivity index (χ2v) is 4.37. The van der Waals surface area contributed by atoms with Gasteiger partial charge in [-0.15, -0.1) is 0 Å². The summed E-state index contributed by atoms with van der Waals surface area (Å²) in [6, 6.07) is 0.830. The molecule has 0 bridgehead atoms. The van der Waals surface area contributed by atoms with Crippen LogP contribution in [-0.2, 0) is 0 Å². The molecule has 2 fully saturated rings. The van der Waals surface area contributed by atoms with Crippen LogP contribution in [0.2, 0.25) is 0 Å². The van der Waals surface area contributed by atoms with Crippen LogP contribution in [0, 0.1) is 5.92 Å². The first kappa shape index (κ1) is 9.44. The van der Waals surface area contributed by atoms with Crippen molar-refractivity contribution in [2.24, 2.45) is 5.92 Å². The maximum Gasteiger partial charge on any atom is 0.0471 e. The summed E-state index contributed by atoms with van der Waals surface area (Å²) in [5.74, 6) is 0.543. The first-order chi connectivity index (χ1) is 6.38. The summed E-state index contributed by atoms with van der Waals surface area (Å²) in [6.45, 7) is 4.93. The summed E-state index contributed by atoms with van der Waals surface area (Å²) in [4.78, 5) is 2.45. The molecule has 0 aromatic carbocycles. The maximum absolute atomic E-state index is 8.97. The average molecular weight is 184 g/mol. The Balaban J connectivity index is 1.54. The van der Waals surface area contributed by atoms with E-state index in [4.69, 9.17) is 5.11 Å². The number of likely N-dealkylation sites (tertiary alicyclic amines) is 1. The molecular formula is C10H20N2O. The van der Waals surface area contributed by atoms with E-state index in [0.717, 1.165) is 25.7 Å². The van der Waals surface area contributed by atoms with Crippen molar-refractivity contribution in [2.75, 3.05) is 32.8 Å². The van der Waals surface area contributed by atoms with Gasteiger partial charge in [-0.05, 0) is 31.7 Å². The van der Waals surface area contributed by atoms with Gasteiger partial charge in [0.1, 0.15) is 0 Å². The molecule has 0 amide bonds. The number of hydrogen-bond acceptors (Lipinski definition) is 3. The molecule has 1 aliphatic carbocycles. The summed E-state index contributed by atoms with van der Waals surface area (Å²) in [7, 11) is 0. The van der Waals surface area contributed by atoms with Gasteiger partial charge >= 0.3 is 0 Å². The van der Waals surface area contributed by atoms with Gasteiger partial charge < -0.3 is 15.3 Å². The largest absolute Gasteiger partial charge is 0.396 e. The van der Waals surface area contributed by atoms with E-state index < -0.39 is 0 Å². The van der Waals surface area contributed by atoms with Crippen LogP contribution in [-0.4, -0.2) is 48.8 Å². The van der Waals surface area contributed by atoms with Crippen molar-refractivity contribution in [3.8, 4) is 0 Å². The lowest BCUT2D eigenvalue weighted by molar-refractivity contribution is 0.221. The molecule has 0 spiro atoms. The zero-order chi connectivity index (χ0) is 9.10. The molecule has 3 nitrogen and oxygen atoms in total. The highest BCUT2D eigenvalue weighted by atomic mass is 16.3. The predicted octanol–water partition coefficient (Wildman–Crippen LogP) is 0.0526. The van der Waals surface area contributed by atoms with Crippen molar-refractivity contribution < 1.29 is 5.11 Å². The van der Waals surface area contributed by atoms with Gasteiger partial charge in [0.15, 0.2) is 0 Å². The standard InChI is InChI=1S/C10H20N2O/c13-8-9-3-5-12(7-9)6-4-11-10-1-2-10/h9-11,13H,1-8H2. The fourth-order valence-electron chi connectivity index (χ4n) is 1.98. The molecule has 2 aliphatic rings. The number of aliphatic hydroxyl groups excluding tert-OH is 1. The van der Waals surface area contributed by atoms with E-state index in [1.165, 1.54) is 25.8 Å². The second-order valence-electron chi connectivity index (χ2n) is 4.37. The monoisotopic (exact) mass is 184 g/mol. The maximum atomic E-state index is 8.97. The Morgan fingerprint density at radius 3 is 2.77 bits per heavy atom. The van der Waals surface area contributed by atoms with Crippen LogP contribution in [0.15, 0.2) is 0 Å². The molecular weight excluding hydrogens is 164 g/mol. The van der Waals surface area contributed by atoms with Gasteiger partial charge in [-0.3, -0.25) is 0 Å². The lowest BCUT2D eigenvalue weighted by atomic mass is 10.1. The quantitative estimate of drug-likeness (QED) is 0.634. The van der Waals surface area contributed by atoms with Crippen LogP contribution in [0.3, 0.4) is 0 Å². The van der Waals surface area contributed by atoms with E-state index in [1.807, 2.05) is 0 Å². The molecule has 0 radical (unpaired) electrons. The zero-order valence-electron chi connectivity index (χ0n) is 8.21. The molecule has 3 heteroatoms. The van der Waals surface area contributed by atoms with Crippen molar-refractivity contribution >= 4 is 0 Å². The summed E-state index contributed by atoms with van der Waals surface area (Å²) in [5, 5.41) is 12.5. The summed E-state index contributed by atoms with van der Waals surface area (Å²) >= 11 is 0. The Labute approximate surface area is 80.1 Å². The second kappa shape index (κ2) is 4.40. The number of nitrogens with one attached hydrogen (secondary N) is 1. The molecule has 1 saturated carbocycles. The Morgan fingerprint density at radius 1 is 1.31 bits per heavy atom. The Hall–Kier alpha value is -0.120. The van der Waals surface area contributed by atoms with Gasteiger partial charge in [0.2, 0.25) is 0 Å². The summed E-state index contributed by atoms with van der Waals surface area (Å²) in [6.07, 6.45) is 3.93. The van der Waals surface area contributed by atoms with E-state index in [1.54, 1.807) is 0 Å². The zero-order valence-corrected chi connectivity index (χ0v) is 8.21. The van der Waals surface area contributed by atoms with Gasteiger partial charge in [0, 0.05) is 32.3 Å². The number of nitrogens with zero attached hydrogens (tertiary/aromatic N) is 1. The molecule has 2 N–H and O–H groups in total. The van der Waals surface area contributed by atoms with Crippen LogP contribution < -0.4 is 5.32 Å². The van der Waals surface area contributed by atoms with E-state index in [-0.39, 0.29) is 0 Å². The van der Waals surface area contributed by atoms with Crippen LogP contribution in [0.25, 0.3) is 0 Å². The fourth-order valence-corrected chi connectivity index (χ4v) is 1.98. The highest BCUT2D eigenvalue weighted by Crippen LogP contribution is 2.18. The minimum Gasteiger partial charge on any atom is -0.396 e. The minimum absolute atomic E-state index is 0.368. The highest BCUT2D eigenvalue weighted by molar-refractivity contribution is 4.82. The van der Waals surface area contributed by atoms with Crippen molar-refractivity contribution in [3.63, 3.8) is 0 Å². The van der Waals surface area contributed by atoms with Crippen LogP contribution >= 0.6 is 0 Å². The molecule has 1 heterocycles. The van der Waals surface area contributed by atoms with Gasteiger partial charge in [-0.2, -0.15) is 0 Å². The van der Waals surface area contributed by atoms with Gasteiger partial charge in [-0.1, -0.05) is 0 Å². The van der Waals surface area contributed by atoms with Crippen molar-refractivity contribution in [2.45, 2.75) is 25.3 Å². The molecule has 2 rings (SSSR count). The van der Waals surface area contributed by atoms with Crippen molar-refractivity contribution in [1.82, 2.24) is 10.2 Å². The third-order valence-corrected chi connectivity index (χ3v) is 3.07. The molecule has 1 saturated heterocycles. The molecule has 76 valence electrons. The number of hydrogen-bond donors (Lipinski definition) is 2. The van der Waals surface area contributed by atoms with Crippen LogP contribution in [0.4, 0.5) is 0 Å². The lowest BCUT2D eigenvalue weighted by Crippen LogP contribution is -2.31. The molecule has 1 atom stereocenters. The lowest BCUT2D eigenvalue weighted by Gasteiger charge is -2.15. The Bertz CT molecular complexity index is 159. The average Bonchev–Trinajstić information content (AvgIpc) is 2.84. The molecule has 1 aliphatic heterocycles. The normalized spacial score (nSPS) is 29.8. The number of aliphatic hydroxyl groups is 1. The van der Waals surface area contributed by atoms with Gasteiger partial charge in [0.05, 0.1) is 0 Å². The highest BCUT2D eigenvalue weighted by Gasteiger charge is 2.23. The van der Waals surface area contributed by atoms with E-state index in [9.17, 15) is 0 Å². The minimum atomic E-state index is 0.368. The molecule has 0 aromatic rings. The fraction of sp³-hybridized carbons (Fsp3) is 1.00. The molecule has 0 aromatic heterocycles. The summed E-state index contributed by atoms with van der Waals surface area (Å²) < 4.78 is 0. The van der Waals surface area contributed by atoms with Crippen molar-refractivity contribution in [1.29, 1.82) is 0 Å². The van der Waals surface area contributed by atoms with Crippen molar-refractivity contribution in [3.05, 3.63) is 0 Å². The third-order valence-electron chi connectivity index (χ3n) is 3.07. The Morgan fingerprint density at radius 2 is 2.15 bits per heavy atom. The smallest absolute Gasteiger partial charge is 0.0471 e. The first-order valence-electron chi connectivity index (χ1n) is 5.45.